The maximum atomic E-state index is 11.6. The summed E-state index contributed by atoms with van der Waals surface area (Å²) in [7, 11) is 0. The van der Waals surface area contributed by atoms with Crippen LogP contribution in [0.1, 0.15) is 42.4 Å². The zero-order valence-corrected chi connectivity index (χ0v) is 10.4. The first-order chi connectivity index (χ1) is 7.33. The molecule has 1 N–H and O–H groups in total. The van der Waals surface area contributed by atoms with Gasteiger partial charge in [0, 0.05) is 5.38 Å². The lowest BCUT2D eigenvalue weighted by atomic mass is 10.2. The third kappa shape index (κ3) is 3.43. The van der Waals surface area contributed by atoms with Crippen molar-refractivity contribution < 1.29 is 14.6 Å². The first kappa shape index (κ1) is 12.9. The number of esters is 1. The zero-order valence-electron chi connectivity index (χ0n) is 9.56. The molecular weight excluding hydrogens is 226 g/mol. The Labute approximate surface area is 98.6 Å². The third-order valence-electron chi connectivity index (χ3n) is 1.61. The fourth-order valence-corrected chi connectivity index (χ4v) is 1.72. The number of carbonyl (C=O) groups excluding carboxylic acids is 1. The molecule has 0 spiro atoms. The van der Waals surface area contributed by atoms with Gasteiger partial charge < -0.3 is 9.84 Å². The summed E-state index contributed by atoms with van der Waals surface area (Å²) < 4.78 is 5.15. The largest absolute Gasteiger partial charge is 0.455 e. The number of aromatic nitrogens is 1. The zero-order chi connectivity index (χ0) is 12.3. The Bertz CT molecular complexity index is 392. The minimum Gasteiger partial charge on any atom is -0.455 e. The van der Waals surface area contributed by atoms with Gasteiger partial charge in [0.1, 0.15) is 16.7 Å². The average molecular weight is 241 g/mol. The molecule has 5 heteroatoms. The molecule has 1 heterocycles. The van der Waals surface area contributed by atoms with Crippen molar-refractivity contribution in [3.63, 3.8) is 0 Å². The normalized spacial score (nSPS) is 13.2. The number of aliphatic hydroxyl groups excluding tert-OH is 1. The third-order valence-corrected chi connectivity index (χ3v) is 2.52. The van der Waals surface area contributed by atoms with Gasteiger partial charge in [-0.3, -0.25) is 0 Å². The lowest BCUT2D eigenvalue weighted by Gasteiger charge is -2.18. The molecule has 0 aromatic carbocycles. The quantitative estimate of drug-likeness (QED) is 0.651. The van der Waals surface area contributed by atoms with Crippen molar-refractivity contribution in [2.45, 2.75) is 32.5 Å². The van der Waals surface area contributed by atoms with Gasteiger partial charge in [-0.15, -0.1) is 17.9 Å². The molecule has 0 bridgehead atoms. The van der Waals surface area contributed by atoms with Crippen LogP contribution in [0.3, 0.4) is 0 Å². The van der Waals surface area contributed by atoms with Crippen LogP contribution in [-0.4, -0.2) is 21.7 Å². The lowest BCUT2D eigenvalue weighted by molar-refractivity contribution is 0.00633. The van der Waals surface area contributed by atoms with Crippen LogP contribution in [0.4, 0.5) is 0 Å². The number of thiazole rings is 1. The van der Waals surface area contributed by atoms with Crippen LogP contribution in [0.2, 0.25) is 0 Å². The maximum absolute atomic E-state index is 11.6. The van der Waals surface area contributed by atoms with Crippen LogP contribution in [-0.2, 0) is 4.74 Å². The standard InChI is InChI=1S/C11H15NO3S/c1-5-8(13)9-12-7(6-16-9)10(14)15-11(2,3)4/h5-6,8,13H,1H2,2-4H3/t8-/m1/s1. The van der Waals surface area contributed by atoms with E-state index in [4.69, 9.17) is 4.74 Å². The van der Waals surface area contributed by atoms with Crippen molar-refractivity contribution in [1.29, 1.82) is 0 Å². The van der Waals surface area contributed by atoms with Crippen LogP contribution < -0.4 is 0 Å². The summed E-state index contributed by atoms with van der Waals surface area (Å²) in [5, 5.41) is 11.4. The number of hydrogen-bond donors (Lipinski definition) is 1. The molecule has 0 saturated carbocycles. The Morgan fingerprint density at radius 2 is 2.31 bits per heavy atom. The number of rotatable bonds is 3. The molecule has 0 unspecified atom stereocenters. The van der Waals surface area contributed by atoms with Crippen molar-refractivity contribution >= 4 is 17.3 Å². The molecule has 0 aliphatic rings. The van der Waals surface area contributed by atoms with Gasteiger partial charge in [0.15, 0.2) is 5.69 Å². The molecular formula is C11H15NO3S. The van der Waals surface area contributed by atoms with Crippen LogP contribution in [0.15, 0.2) is 18.0 Å². The van der Waals surface area contributed by atoms with Gasteiger partial charge in [-0.2, -0.15) is 0 Å². The number of hydrogen-bond acceptors (Lipinski definition) is 5. The Hall–Kier alpha value is -1.20. The monoisotopic (exact) mass is 241 g/mol. The minimum atomic E-state index is -0.832. The fourth-order valence-electron chi connectivity index (χ4n) is 0.948. The van der Waals surface area contributed by atoms with Gasteiger partial charge in [-0.25, -0.2) is 9.78 Å². The van der Waals surface area contributed by atoms with E-state index in [9.17, 15) is 9.90 Å². The number of carbonyl (C=O) groups is 1. The SMILES string of the molecule is C=C[C@@H](O)c1nc(C(=O)OC(C)(C)C)cs1. The summed E-state index contributed by atoms with van der Waals surface area (Å²) in [4.78, 5) is 15.6. The predicted octanol–water partition coefficient (Wildman–Crippen LogP) is 2.32. The molecule has 0 fully saturated rings. The summed E-state index contributed by atoms with van der Waals surface area (Å²) >= 11 is 1.20. The smallest absolute Gasteiger partial charge is 0.358 e. The molecule has 0 saturated heterocycles. The van der Waals surface area contributed by atoms with Gasteiger partial charge >= 0.3 is 5.97 Å². The van der Waals surface area contributed by atoms with E-state index >= 15 is 0 Å². The van der Waals surface area contributed by atoms with E-state index in [2.05, 4.69) is 11.6 Å². The first-order valence-electron chi connectivity index (χ1n) is 4.83. The van der Waals surface area contributed by atoms with E-state index in [0.29, 0.717) is 5.01 Å². The van der Waals surface area contributed by atoms with Crippen LogP contribution >= 0.6 is 11.3 Å². The van der Waals surface area contributed by atoms with Gasteiger partial charge in [0.05, 0.1) is 0 Å². The number of ether oxygens (including phenoxy) is 1. The van der Waals surface area contributed by atoms with Gasteiger partial charge in [-0.05, 0) is 20.8 Å². The highest BCUT2D eigenvalue weighted by atomic mass is 32.1. The van der Waals surface area contributed by atoms with Crippen molar-refractivity contribution in [3.05, 3.63) is 28.7 Å². The molecule has 1 aromatic heterocycles. The minimum absolute atomic E-state index is 0.218. The predicted molar refractivity (Wildman–Crippen MR) is 62.4 cm³/mol. The Balaban J connectivity index is 2.78. The molecule has 0 aliphatic carbocycles. The van der Waals surface area contributed by atoms with Gasteiger partial charge in [0.25, 0.3) is 0 Å². The second-order valence-corrected chi connectivity index (χ2v) is 5.14. The van der Waals surface area contributed by atoms with E-state index in [0.717, 1.165) is 0 Å². The van der Waals surface area contributed by atoms with Crippen LogP contribution in [0.5, 0.6) is 0 Å². The molecule has 1 aromatic rings. The molecule has 0 aliphatic heterocycles. The van der Waals surface area contributed by atoms with Crippen LogP contribution in [0.25, 0.3) is 0 Å². The second kappa shape index (κ2) is 4.76. The summed E-state index contributed by atoms with van der Waals surface area (Å²) in [6.45, 7) is 8.82. The average Bonchev–Trinajstić information content (AvgIpc) is 2.62. The highest BCUT2D eigenvalue weighted by Gasteiger charge is 2.21. The highest BCUT2D eigenvalue weighted by molar-refractivity contribution is 7.09. The molecule has 16 heavy (non-hydrogen) atoms. The van der Waals surface area contributed by atoms with Crippen molar-refractivity contribution in [1.82, 2.24) is 4.98 Å². The van der Waals surface area contributed by atoms with Gasteiger partial charge in [-0.1, -0.05) is 6.08 Å². The summed E-state index contributed by atoms with van der Waals surface area (Å²) in [6, 6.07) is 0. The summed E-state index contributed by atoms with van der Waals surface area (Å²) in [5.74, 6) is -0.480. The summed E-state index contributed by atoms with van der Waals surface area (Å²) in [6.07, 6.45) is 0.527. The molecule has 0 radical (unpaired) electrons. The van der Waals surface area contributed by atoms with Crippen molar-refractivity contribution in [2.24, 2.45) is 0 Å². The highest BCUT2D eigenvalue weighted by Crippen LogP contribution is 2.20. The topological polar surface area (TPSA) is 59.4 Å². The van der Waals surface area contributed by atoms with E-state index in [1.165, 1.54) is 17.4 Å². The molecule has 1 atom stereocenters. The van der Waals surface area contributed by atoms with E-state index in [-0.39, 0.29) is 5.69 Å². The number of nitrogens with zero attached hydrogens (tertiary/aromatic N) is 1. The Kier molecular flexibility index (Phi) is 3.83. The van der Waals surface area contributed by atoms with E-state index in [1.54, 1.807) is 26.2 Å². The van der Waals surface area contributed by atoms with E-state index < -0.39 is 17.7 Å². The van der Waals surface area contributed by atoms with Gasteiger partial charge in [0.2, 0.25) is 0 Å². The lowest BCUT2D eigenvalue weighted by Crippen LogP contribution is -2.24. The van der Waals surface area contributed by atoms with Crippen molar-refractivity contribution in [2.75, 3.05) is 0 Å². The maximum Gasteiger partial charge on any atom is 0.358 e. The Morgan fingerprint density at radius 3 is 2.81 bits per heavy atom. The fraction of sp³-hybridized carbons (Fsp3) is 0.455. The second-order valence-electron chi connectivity index (χ2n) is 4.25. The van der Waals surface area contributed by atoms with Crippen LogP contribution in [0, 0.1) is 0 Å². The van der Waals surface area contributed by atoms with Crippen molar-refractivity contribution in [3.8, 4) is 0 Å². The summed E-state index contributed by atoms with van der Waals surface area (Å²) in [5.41, 5.74) is -0.325. The molecule has 4 nitrogen and oxygen atoms in total. The number of aliphatic hydroxyl groups is 1. The molecule has 88 valence electrons. The first-order valence-corrected chi connectivity index (χ1v) is 5.71. The molecule has 1 rings (SSSR count). The Morgan fingerprint density at radius 1 is 1.69 bits per heavy atom. The van der Waals surface area contributed by atoms with E-state index in [1.807, 2.05) is 0 Å². The molecule has 0 amide bonds.